The van der Waals surface area contributed by atoms with E-state index < -0.39 is 0 Å². The molecule has 2 aromatic carbocycles. The van der Waals surface area contributed by atoms with E-state index in [0.29, 0.717) is 5.56 Å². The van der Waals surface area contributed by atoms with Crippen LogP contribution in [-0.4, -0.2) is 15.7 Å². The van der Waals surface area contributed by atoms with Gasteiger partial charge in [0.05, 0.1) is 6.54 Å². The summed E-state index contributed by atoms with van der Waals surface area (Å²) in [6.45, 7) is 0.720. The first-order valence-corrected chi connectivity index (χ1v) is 7.92. The molecule has 0 radical (unpaired) electrons. The van der Waals surface area contributed by atoms with E-state index in [9.17, 15) is 4.79 Å². The smallest absolute Gasteiger partial charge is 0.255 e. The lowest BCUT2D eigenvalue weighted by Crippen LogP contribution is -2.12. The third kappa shape index (κ3) is 3.73. The molecule has 1 aromatic heterocycles. The number of halogens is 1. The number of benzene rings is 2. The van der Waals surface area contributed by atoms with Crippen molar-refractivity contribution in [2.45, 2.75) is 6.54 Å². The Morgan fingerprint density at radius 2 is 1.95 bits per heavy atom. The van der Waals surface area contributed by atoms with Crippen LogP contribution in [-0.2, 0) is 6.54 Å². The minimum atomic E-state index is -0.0988. The highest BCUT2D eigenvalue weighted by molar-refractivity contribution is 14.1. The van der Waals surface area contributed by atoms with Crippen LogP contribution in [0.2, 0.25) is 0 Å². The van der Waals surface area contributed by atoms with Gasteiger partial charge in [0.2, 0.25) is 0 Å². The van der Waals surface area contributed by atoms with Crippen molar-refractivity contribution in [1.82, 2.24) is 9.78 Å². The van der Waals surface area contributed by atoms with Gasteiger partial charge in [-0.05, 0) is 64.6 Å². The van der Waals surface area contributed by atoms with Gasteiger partial charge in [-0.25, -0.2) is 0 Å². The third-order valence-corrected chi connectivity index (χ3v) is 3.87. The minimum absolute atomic E-state index is 0.0988. The molecule has 0 fully saturated rings. The van der Waals surface area contributed by atoms with Gasteiger partial charge in [-0.1, -0.05) is 18.2 Å². The van der Waals surface area contributed by atoms with E-state index in [-0.39, 0.29) is 5.91 Å². The first kappa shape index (κ1) is 14.8. The van der Waals surface area contributed by atoms with Crippen LogP contribution < -0.4 is 5.32 Å². The van der Waals surface area contributed by atoms with Crippen LogP contribution >= 0.6 is 22.6 Å². The summed E-state index contributed by atoms with van der Waals surface area (Å²) < 4.78 is 2.90. The number of rotatable bonds is 4. The summed E-state index contributed by atoms with van der Waals surface area (Å²) in [6.07, 6.45) is 3.68. The van der Waals surface area contributed by atoms with Crippen molar-refractivity contribution < 1.29 is 4.79 Å². The van der Waals surface area contributed by atoms with E-state index in [2.05, 4.69) is 33.0 Å². The third-order valence-electron chi connectivity index (χ3n) is 3.20. The van der Waals surface area contributed by atoms with Crippen molar-refractivity contribution in [2.75, 3.05) is 5.32 Å². The van der Waals surface area contributed by atoms with Crippen molar-refractivity contribution in [2.24, 2.45) is 0 Å². The van der Waals surface area contributed by atoms with Crippen LogP contribution in [0.3, 0.4) is 0 Å². The predicted molar refractivity (Wildman–Crippen MR) is 94.9 cm³/mol. The van der Waals surface area contributed by atoms with Gasteiger partial charge in [-0.2, -0.15) is 5.10 Å². The summed E-state index contributed by atoms with van der Waals surface area (Å²) >= 11 is 2.20. The van der Waals surface area contributed by atoms with E-state index in [1.807, 2.05) is 65.5 Å². The number of nitrogens with zero attached hydrogens (tertiary/aromatic N) is 2. The minimum Gasteiger partial charge on any atom is -0.322 e. The number of hydrogen-bond donors (Lipinski definition) is 1. The first-order valence-electron chi connectivity index (χ1n) is 6.84. The molecule has 22 heavy (non-hydrogen) atoms. The molecule has 0 unspecified atom stereocenters. The molecule has 3 aromatic rings. The molecule has 4 nitrogen and oxygen atoms in total. The fourth-order valence-corrected chi connectivity index (χ4v) is 2.65. The summed E-state index contributed by atoms with van der Waals surface area (Å²) in [5, 5.41) is 7.08. The second-order valence-electron chi connectivity index (χ2n) is 4.87. The normalized spacial score (nSPS) is 10.4. The van der Waals surface area contributed by atoms with E-state index in [1.54, 1.807) is 6.20 Å². The summed E-state index contributed by atoms with van der Waals surface area (Å²) in [6, 6.07) is 17.2. The van der Waals surface area contributed by atoms with E-state index in [4.69, 9.17) is 0 Å². The molecule has 110 valence electrons. The first-order chi connectivity index (χ1) is 10.7. The molecule has 0 atom stereocenters. The number of amides is 1. The number of hydrogen-bond acceptors (Lipinski definition) is 2. The van der Waals surface area contributed by atoms with E-state index in [1.165, 1.54) is 0 Å². The van der Waals surface area contributed by atoms with Gasteiger partial charge in [0, 0.05) is 27.2 Å². The molecule has 1 N–H and O–H groups in total. The van der Waals surface area contributed by atoms with Gasteiger partial charge in [0.1, 0.15) is 0 Å². The summed E-state index contributed by atoms with van der Waals surface area (Å²) in [5.74, 6) is -0.0988. The van der Waals surface area contributed by atoms with Crippen molar-refractivity contribution >= 4 is 34.2 Å². The van der Waals surface area contributed by atoms with Crippen LogP contribution in [0.15, 0.2) is 67.0 Å². The maximum Gasteiger partial charge on any atom is 0.255 e. The van der Waals surface area contributed by atoms with Gasteiger partial charge >= 0.3 is 0 Å². The molecular formula is C17H14IN3O. The molecule has 3 rings (SSSR count). The molecular weight excluding hydrogens is 389 g/mol. The molecule has 0 aliphatic heterocycles. The Bertz CT molecular complexity index is 767. The number of carbonyl (C=O) groups is 1. The highest BCUT2D eigenvalue weighted by Crippen LogP contribution is 2.13. The molecule has 1 amide bonds. The Kier molecular flexibility index (Phi) is 4.53. The number of anilines is 1. The van der Waals surface area contributed by atoms with Gasteiger partial charge in [0.25, 0.3) is 5.91 Å². The van der Waals surface area contributed by atoms with E-state index in [0.717, 1.165) is 21.4 Å². The maximum atomic E-state index is 12.2. The van der Waals surface area contributed by atoms with Crippen LogP contribution in [0.25, 0.3) is 0 Å². The second-order valence-corrected chi connectivity index (χ2v) is 6.11. The van der Waals surface area contributed by atoms with Crippen LogP contribution in [0.4, 0.5) is 5.69 Å². The molecule has 0 saturated carbocycles. The lowest BCUT2D eigenvalue weighted by atomic mass is 10.2. The maximum absolute atomic E-state index is 12.2. The summed E-state index contributed by atoms with van der Waals surface area (Å²) in [5.41, 5.74) is 2.58. The molecule has 5 heteroatoms. The molecule has 0 bridgehead atoms. The summed E-state index contributed by atoms with van der Waals surface area (Å²) in [7, 11) is 0. The van der Waals surface area contributed by atoms with Gasteiger partial charge in [-0.3, -0.25) is 9.48 Å². The second kappa shape index (κ2) is 6.74. The molecule has 0 saturated heterocycles. The van der Waals surface area contributed by atoms with Crippen molar-refractivity contribution in [1.29, 1.82) is 0 Å². The fourth-order valence-electron chi connectivity index (χ4n) is 2.11. The Balaban J connectivity index is 1.67. The lowest BCUT2D eigenvalue weighted by Gasteiger charge is -2.07. The summed E-state index contributed by atoms with van der Waals surface area (Å²) in [4.78, 5) is 12.2. The van der Waals surface area contributed by atoms with Crippen molar-refractivity contribution in [3.63, 3.8) is 0 Å². The van der Waals surface area contributed by atoms with Gasteiger partial charge < -0.3 is 5.32 Å². The lowest BCUT2D eigenvalue weighted by molar-refractivity contribution is 0.102. The topological polar surface area (TPSA) is 46.9 Å². The average molecular weight is 403 g/mol. The van der Waals surface area contributed by atoms with Crippen LogP contribution in [0.5, 0.6) is 0 Å². The largest absolute Gasteiger partial charge is 0.322 e. The zero-order valence-electron chi connectivity index (χ0n) is 11.7. The Morgan fingerprint density at radius 1 is 1.14 bits per heavy atom. The van der Waals surface area contributed by atoms with Crippen LogP contribution in [0, 0.1) is 3.57 Å². The zero-order valence-corrected chi connectivity index (χ0v) is 13.9. The molecule has 1 heterocycles. The van der Waals surface area contributed by atoms with Crippen LogP contribution in [0.1, 0.15) is 15.9 Å². The zero-order chi connectivity index (χ0) is 15.4. The Labute approximate surface area is 142 Å². The monoisotopic (exact) mass is 403 g/mol. The number of aromatic nitrogens is 2. The highest BCUT2D eigenvalue weighted by atomic mass is 127. The SMILES string of the molecule is O=C(Nc1ccc(Cn2cccn2)cc1)c1cccc(I)c1. The molecule has 0 aliphatic carbocycles. The quantitative estimate of drug-likeness (QED) is 0.674. The fraction of sp³-hybridized carbons (Fsp3) is 0.0588. The van der Waals surface area contributed by atoms with Gasteiger partial charge in [0.15, 0.2) is 0 Å². The predicted octanol–water partition coefficient (Wildman–Crippen LogP) is 3.79. The number of carbonyl (C=O) groups excluding carboxylic acids is 1. The Morgan fingerprint density at radius 3 is 2.64 bits per heavy atom. The average Bonchev–Trinajstić information content (AvgIpc) is 3.02. The Hall–Kier alpha value is -2.15. The van der Waals surface area contributed by atoms with Crippen molar-refractivity contribution in [3.8, 4) is 0 Å². The molecule has 0 aliphatic rings. The van der Waals surface area contributed by atoms with Gasteiger partial charge in [-0.15, -0.1) is 0 Å². The van der Waals surface area contributed by atoms with Crippen molar-refractivity contribution in [3.05, 3.63) is 81.7 Å². The molecule has 0 spiro atoms. The van der Waals surface area contributed by atoms with E-state index >= 15 is 0 Å². The highest BCUT2D eigenvalue weighted by Gasteiger charge is 2.06. The number of nitrogens with one attached hydrogen (secondary N) is 1. The standard InChI is InChI=1S/C17H14IN3O/c18-15-4-1-3-14(11-15)17(22)20-16-7-5-13(6-8-16)12-21-10-2-9-19-21/h1-11H,12H2,(H,20,22).